The van der Waals surface area contributed by atoms with Gasteiger partial charge in [-0.05, 0) is 31.4 Å². The lowest BCUT2D eigenvalue weighted by molar-refractivity contribution is -0.384. The molecule has 1 aliphatic rings. The van der Waals surface area contributed by atoms with E-state index in [0.29, 0.717) is 12.8 Å². The summed E-state index contributed by atoms with van der Waals surface area (Å²) in [4.78, 5) is 22.9. The van der Waals surface area contributed by atoms with E-state index >= 15 is 0 Å². The summed E-state index contributed by atoms with van der Waals surface area (Å²) in [5.41, 5.74) is -0.885. The number of halogens is 4. The number of nitro groups is 1. The third-order valence-corrected chi connectivity index (χ3v) is 5.00. The van der Waals surface area contributed by atoms with Crippen LogP contribution < -0.4 is 5.32 Å². The number of nitrogens with zero attached hydrogens (tertiary/aromatic N) is 3. The molecule has 29 heavy (non-hydrogen) atoms. The molecule has 0 spiro atoms. The third-order valence-electron chi connectivity index (χ3n) is 4.76. The Morgan fingerprint density at radius 3 is 2.76 bits per heavy atom. The van der Waals surface area contributed by atoms with Gasteiger partial charge in [-0.15, -0.1) is 0 Å². The van der Waals surface area contributed by atoms with Crippen LogP contribution in [0, 0.1) is 16.0 Å². The zero-order valence-electron chi connectivity index (χ0n) is 14.8. The van der Waals surface area contributed by atoms with Crippen LogP contribution >= 0.6 is 11.6 Å². The largest absolute Gasteiger partial charge is 0.504 e. The van der Waals surface area contributed by atoms with Gasteiger partial charge >= 0.3 is 6.18 Å². The van der Waals surface area contributed by atoms with Gasteiger partial charge in [0.25, 0.3) is 11.6 Å². The molecule has 2 aromatic rings. The van der Waals surface area contributed by atoms with Gasteiger partial charge in [0.05, 0.1) is 17.0 Å². The second-order valence-corrected chi connectivity index (χ2v) is 7.21. The molecule has 0 bridgehead atoms. The molecular formula is C17H16ClF3N4O4. The van der Waals surface area contributed by atoms with E-state index in [1.807, 2.05) is 0 Å². The van der Waals surface area contributed by atoms with Gasteiger partial charge in [0.2, 0.25) is 0 Å². The average Bonchev–Trinajstić information content (AvgIpc) is 3.02. The standard InChI is InChI=1S/C17H16ClF3N4O4/c18-10-4-5-12(25(28)29)13(7-10)24-8-14(26)15(23-24)16(27)22-11-3-1-2-9(6-11)17(19,20)21/h4-5,7-9,11,26H,1-3,6H2,(H,22,27). The highest BCUT2D eigenvalue weighted by molar-refractivity contribution is 6.30. The molecule has 156 valence electrons. The Kier molecular flexibility index (Phi) is 5.69. The summed E-state index contributed by atoms with van der Waals surface area (Å²) in [5.74, 6) is -2.93. The smallest absolute Gasteiger partial charge is 0.391 e. The van der Waals surface area contributed by atoms with Crippen molar-refractivity contribution < 1.29 is 28.0 Å². The number of rotatable bonds is 4. The van der Waals surface area contributed by atoms with Gasteiger partial charge in [-0.2, -0.15) is 18.3 Å². The minimum Gasteiger partial charge on any atom is -0.504 e. The fourth-order valence-corrected chi connectivity index (χ4v) is 3.52. The molecule has 1 heterocycles. The Bertz CT molecular complexity index is 947. The SMILES string of the molecule is O=C(NC1CCCC(C(F)(F)F)C1)c1nn(-c2cc(Cl)ccc2[N+](=O)[O-])cc1O. The lowest BCUT2D eigenvalue weighted by Crippen LogP contribution is -2.41. The number of hydrogen-bond donors (Lipinski definition) is 2. The lowest BCUT2D eigenvalue weighted by atomic mass is 9.85. The number of carbonyl (C=O) groups is 1. The Morgan fingerprint density at radius 2 is 2.10 bits per heavy atom. The van der Waals surface area contributed by atoms with Gasteiger partial charge < -0.3 is 10.4 Å². The maximum Gasteiger partial charge on any atom is 0.391 e. The number of aromatic hydroxyl groups is 1. The van der Waals surface area contributed by atoms with E-state index in [4.69, 9.17) is 11.6 Å². The summed E-state index contributed by atoms with van der Waals surface area (Å²) in [7, 11) is 0. The predicted octanol–water partition coefficient (Wildman–Crippen LogP) is 3.99. The van der Waals surface area contributed by atoms with Crippen LogP contribution in [0.5, 0.6) is 5.75 Å². The number of alkyl halides is 3. The van der Waals surface area contributed by atoms with Crippen LogP contribution in [0.25, 0.3) is 5.69 Å². The molecular weight excluding hydrogens is 417 g/mol. The minimum atomic E-state index is -4.33. The highest BCUT2D eigenvalue weighted by Crippen LogP contribution is 2.37. The molecule has 3 rings (SSSR count). The molecule has 2 N–H and O–H groups in total. The van der Waals surface area contributed by atoms with Gasteiger partial charge in [0, 0.05) is 17.1 Å². The summed E-state index contributed by atoms with van der Waals surface area (Å²) in [6.45, 7) is 0. The molecule has 2 unspecified atom stereocenters. The first kappa shape index (κ1) is 20.9. The fraction of sp³-hybridized carbons (Fsp3) is 0.412. The topological polar surface area (TPSA) is 110 Å². The summed E-state index contributed by atoms with van der Waals surface area (Å²) in [6.07, 6.45) is -2.90. The van der Waals surface area contributed by atoms with Crippen LogP contribution in [0.1, 0.15) is 36.2 Å². The number of carbonyl (C=O) groups excluding carboxylic acids is 1. The van der Waals surface area contributed by atoms with Gasteiger partial charge in [0.1, 0.15) is 5.69 Å². The molecule has 1 aromatic heterocycles. The van der Waals surface area contributed by atoms with Crippen molar-refractivity contribution in [1.29, 1.82) is 0 Å². The first-order valence-corrected chi connectivity index (χ1v) is 9.04. The molecule has 0 radical (unpaired) electrons. The fourth-order valence-electron chi connectivity index (χ4n) is 3.36. The van der Waals surface area contributed by atoms with Crippen molar-refractivity contribution >= 4 is 23.2 Å². The van der Waals surface area contributed by atoms with Crippen LogP contribution in [-0.4, -0.2) is 37.9 Å². The van der Waals surface area contributed by atoms with Gasteiger partial charge in [-0.25, -0.2) is 4.68 Å². The molecule has 1 aliphatic carbocycles. The number of nitro benzene ring substituents is 1. The monoisotopic (exact) mass is 432 g/mol. The minimum absolute atomic E-state index is 0.00812. The molecule has 1 amide bonds. The maximum absolute atomic E-state index is 12.9. The molecule has 1 aromatic carbocycles. The molecule has 12 heteroatoms. The summed E-state index contributed by atoms with van der Waals surface area (Å²) in [5, 5.41) is 27.7. The molecule has 1 fully saturated rings. The van der Waals surface area contributed by atoms with Crippen molar-refractivity contribution in [2.75, 3.05) is 0 Å². The van der Waals surface area contributed by atoms with Crippen LogP contribution in [0.15, 0.2) is 24.4 Å². The Labute approximate surface area is 167 Å². The zero-order valence-corrected chi connectivity index (χ0v) is 15.6. The number of benzene rings is 1. The van der Waals surface area contributed by atoms with Crippen molar-refractivity contribution in [3.63, 3.8) is 0 Å². The van der Waals surface area contributed by atoms with Crippen molar-refractivity contribution in [2.24, 2.45) is 5.92 Å². The Morgan fingerprint density at radius 1 is 1.38 bits per heavy atom. The molecule has 0 aliphatic heterocycles. The highest BCUT2D eigenvalue weighted by atomic mass is 35.5. The van der Waals surface area contributed by atoms with Crippen molar-refractivity contribution in [2.45, 2.75) is 37.9 Å². The molecule has 1 saturated carbocycles. The van der Waals surface area contributed by atoms with E-state index in [1.165, 1.54) is 12.1 Å². The first-order valence-electron chi connectivity index (χ1n) is 8.66. The predicted molar refractivity (Wildman–Crippen MR) is 96.2 cm³/mol. The second-order valence-electron chi connectivity index (χ2n) is 6.77. The van der Waals surface area contributed by atoms with E-state index in [0.717, 1.165) is 16.9 Å². The van der Waals surface area contributed by atoms with E-state index in [1.54, 1.807) is 0 Å². The van der Waals surface area contributed by atoms with E-state index in [-0.39, 0.29) is 29.2 Å². The average molecular weight is 433 g/mol. The number of aromatic nitrogens is 2. The zero-order chi connectivity index (χ0) is 21.3. The summed E-state index contributed by atoms with van der Waals surface area (Å²) < 4.78 is 39.7. The van der Waals surface area contributed by atoms with Crippen LogP contribution in [-0.2, 0) is 0 Å². The van der Waals surface area contributed by atoms with Crippen LogP contribution in [0.2, 0.25) is 5.02 Å². The van der Waals surface area contributed by atoms with Gasteiger partial charge in [0.15, 0.2) is 11.4 Å². The normalized spacial score (nSPS) is 19.7. The third kappa shape index (κ3) is 4.61. The number of amides is 1. The van der Waals surface area contributed by atoms with E-state index < -0.39 is 40.4 Å². The first-order chi connectivity index (χ1) is 13.6. The summed E-state index contributed by atoms with van der Waals surface area (Å²) in [6, 6.07) is 2.98. The van der Waals surface area contributed by atoms with Gasteiger partial charge in [-0.3, -0.25) is 14.9 Å². The van der Waals surface area contributed by atoms with E-state index in [2.05, 4.69) is 10.4 Å². The van der Waals surface area contributed by atoms with Crippen LogP contribution in [0.3, 0.4) is 0 Å². The van der Waals surface area contributed by atoms with Crippen molar-refractivity contribution in [1.82, 2.24) is 15.1 Å². The lowest BCUT2D eigenvalue weighted by Gasteiger charge is -2.30. The number of hydrogen-bond acceptors (Lipinski definition) is 5. The quantitative estimate of drug-likeness (QED) is 0.560. The maximum atomic E-state index is 12.9. The van der Waals surface area contributed by atoms with Crippen molar-refractivity contribution in [3.8, 4) is 11.4 Å². The molecule has 0 saturated heterocycles. The molecule has 2 atom stereocenters. The second kappa shape index (κ2) is 7.90. The number of nitrogens with one attached hydrogen (secondary N) is 1. The van der Waals surface area contributed by atoms with Crippen molar-refractivity contribution in [3.05, 3.63) is 45.2 Å². The van der Waals surface area contributed by atoms with E-state index in [9.17, 15) is 33.2 Å². The van der Waals surface area contributed by atoms with Gasteiger partial charge in [-0.1, -0.05) is 18.0 Å². The van der Waals surface area contributed by atoms with Crippen LogP contribution in [0.4, 0.5) is 18.9 Å². The highest BCUT2D eigenvalue weighted by Gasteiger charge is 2.42. The Balaban J connectivity index is 1.81. The Hall–Kier alpha value is -2.82. The molecule has 8 nitrogen and oxygen atoms in total. The summed E-state index contributed by atoms with van der Waals surface area (Å²) >= 11 is 5.86.